The van der Waals surface area contributed by atoms with E-state index >= 15 is 0 Å². The third-order valence-corrected chi connectivity index (χ3v) is 7.34. The summed E-state index contributed by atoms with van der Waals surface area (Å²) in [7, 11) is 1.59. The van der Waals surface area contributed by atoms with Gasteiger partial charge in [0.05, 0.1) is 17.4 Å². The molecule has 208 valence electrons. The van der Waals surface area contributed by atoms with Crippen LogP contribution in [0, 0.1) is 15.5 Å². The summed E-state index contributed by atoms with van der Waals surface area (Å²) in [5, 5.41) is 26.5. The Morgan fingerprint density at radius 1 is 0.975 bits per heavy atom. The second kappa shape index (κ2) is 12.4. The van der Waals surface area contributed by atoms with Crippen LogP contribution in [0.15, 0.2) is 72.8 Å². The number of nitrogens with one attached hydrogen (secondary N) is 2. The van der Waals surface area contributed by atoms with Crippen molar-refractivity contribution in [2.45, 2.75) is 44.6 Å². The zero-order chi connectivity index (χ0) is 28.7. The number of carbonyl (C=O) groups is 3. The maximum absolute atomic E-state index is 13.5. The number of carbonyl (C=O) groups excluding carboxylic acids is 2. The van der Waals surface area contributed by atoms with Crippen molar-refractivity contribution >= 4 is 29.2 Å². The second-order valence-electron chi connectivity index (χ2n) is 10.0. The van der Waals surface area contributed by atoms with Crippen molar-refractivity contribution in [3.05, 3.63) is 99.6 Å². The van der Waals surface area contributed by atoms with Crippen molar-refractivity contribution in [1.29, 1.82) is 0 Å². The van der Waals surface area contributed by atoms with Gasteiger partial charge < -0.3 is 20.5 Å². The standard InChI is InChI=1S/C30H31N3O7/c1-40-23-14-10-21(11-15-23)19-30(16-4-5-17-30)29(37)32-25(28(35)36)18-20-8-12-22(13-9-20)31-27(34)24-6-2-3-7-26(24)33(38)39/h2-3,6-15,25H,4-5,16-19H2,1H3,(H,31,34)(H,32,37)(H,35,36)/t25-/m0/s1. The van der Waals surface area contributed by atoms with E-state index in [1.54, 1.807) is 31.4 Å². The lowest BCUT2D eigenvalue weighted by molar-refractivity contribution is -0.385. The molecule has 3 aromatic rings. The molecule has 0 spiro atoms. The smallest absolute Gasteiger partial charge is 0.326 e. The number of nitrogens with zero attached hydrogens (tertiary/aromatic N) is 1. The molecule has 4 rings (SSSR count). The summed E-state index contributed by atoms with van der Waals surface area (Å²) in [5.74, 6) is -1.30. The molecule has 2 amide bonds. The Hall–Kier alpha value is -4.73. The summed E-state index contributed by atoms with van der Waals surface area (Å²) in [5.41, 5.74) is 0.989. The average Bonchev–Trinajstić information content (AvgIpc) is 3.43. The van der Waals surface area contributed by atoms with E-state index in [1.165, 1.54) is 24.3 Å². The van der Waals surface area contributed by atoms with Gasteiger partial charge in [0.25, 0.3) is 11.6 Å². The molecule has 0 saturated heterocycles. The van der Waals surface area contributed by atoms with Crippen LogP contribution < -0.4 is 15.4 Å². The average molecular weight is 546 g/mol. The van der Waals surface area contributed by atoms with Gasteiger partial charge in [-0.1, -0.05) is 49.2 Å². The highest BCUT2D eigenvalue weighted by Crippen LogP contribution is 2.41. The number of nitro benzene ring substituents is 1. The number of aliphatic carboxylic acids is 1. The third-order valence-electron chi connectivity index (χ3n) is 7.34. The van der Waals surface area contributed by atoms with E-state index < -0.39 is 28.3 Å². The van der Waals surface area contributed by atoms with E-state index in [4.69, 9.17) is 4.74 Å². The zero-order valence-electron chi connectivity index (χ0n) is 22.1. The molecule has 1 saturated carbocycles. The fraction of sp³-hybridized carbons (Fsp3) is 0.300. The first kappa shape index (κ1) is 28.3. The fourth-order valence-corrected chi connectivity index (χ4v) is 5.16. The number of hydrogen-bond donors (Lipinski definition) is 3. The minimum absolute atomic E-state index is 0.0536. The molecule has 40 heavy (non-hydrogen) atoms. The highest BCUT2D eigenvalue weighted by atomic mass is 16.6. The number of nitro groups is 1. The van der Waals surface area contributed by atoms with Crippen LogP contribution in [0.5, 0.6) is 5.75 Å². The van der Waals surface area contributed by atoms with Crippen LogP contribution in [-0.2, 0) is 22.4 Å². The Morgan fingerprint density at radius 2 is 1.60 bits per heavy atom. The first-order chi connectivity index (χ1) is 19.2. The molecule has 3 N–H and O–H groups in total. The lowest BCUT2D eigenvalue weighted by Gasteiger charge is -2.29. The van der Waals surface area contributed by atoms with E-state index in [0.717, 1.165) is 24.2 Å². The maximum atomic E-state index is 13.5. The normalized spacial score (nSPS) is 14.6. The number of rotatable bonds is 11. The van der Waals surface area contributed by atoms with Crippen LogP contribution >= 0.6 is 0 Å². The van der Waals surface area contributed by atoms with Gasteiger partial charge in [0, 0.05) is 18.2 Å². The molecule has 3 aromatic carbocycles. The quantitative estimate of drug-likeness (QED) is 0.232. The molecule has 0 bridgehead atoms. The SMILES string of the molecule is COc1ccc(CC2(C(=O)N[C@@H](Cc3ccc(NC(=O)c4ccccc4[N+](=O)[O-])cc3)C(=O)O)CCCC2)cc1. The highest BCUT2D eigenvalue weighted by Gasteiger charge is 2.42. The van der Waals surface area contributed by atoms with Gasteiger partial charge in [-0.05, 0) is 60.7 Å². The summed E-state index contributed by atoms with van der Waals surface area (Å²) >= 11 is 0. The highest BCUT2D eigenvalue weighted by molar-refractivity contribution is 6.07. The topological polar surface area (TPSA) is 148 Å². The first-order valence-corrected chi connectivity index (χ1v) is 13.0. The van der Waals surface area contributed by atoms with E-state index in [9.17, 15) is 29.6 Å². The van der Waals surface area contributed by atoms with Crippen molar-refractivity contribution in [2.24, 2.45) is 5.41 Å². The Kier molecular flexibility index (Phi) is 8.78. The van der Waals surface area contributed by atoms with Gasteiger partial charge in [0.2, 0.25) is 5.91 Å². The van der Waals surface area contributed by atoms with Gasteiger partial charge in [-0.25, -0.2) is 4.79 Å². The number of benzene rings is 3. The molecule has 1 atom stereocenters. The number of para-hydroxylation sites is 1. The molecule has 0 aromatic heterocycles. The van der Waals surface area contributed by atoms with Crippen LogP contribution in [0.2, 0.25) is 0 Å². The van der Waals surface area contributed by atoms with Gasteiger partial charge >= 0.3 is 5.97 Å². The molecular formula is C30H31N3O7. The number of amides is 2. The number of ether oxygens (including phenoxy) is 1. The second-order valence-corrected chi connectivity index (χ2v) is 10.0. The molecule has 1 aliphatic rings. The Balaban J connectivity index is 1.42. The fourth-order valence-electron chi connectivity index (χ4n) is 5.16. The lowest BCUT2D eigenvalue weighted by Crippen LogP contribution is -2.49. The van der Waals surface area contributed by atoms with Gasteiger partial charge in [0.15, 0.2) is 0 Å². The Morgan fingerprint density at radius 3 is 2.20 bits per heavy atom. The summed E-state index contributed by atoms with van der Waals surface area (Å²) in [6.07, 6.45) is 3.75. The summed E-state index contributed by atoms with van der Waals surface area (Å²) < 4.78 is 5.22. The van der Waals surface area contributed by atoms with Crippen LogP contribution in [0.4, 0.5) is 11.4 Å². The summed E-state index contributed by atoms with van der Waals surface area (Å²) in [6, 6.07) is 18.6. The molecule has 0 heterocycles. The largest absolute Gasteiger partial charge is 0.497 e. The van der Waals surface area contributed by atoms with E-state index in [-0.39, 0.29) is 23.6 Å². The number of carboxylic acid groups (broad SMARTS) is 1. The van der Waals surface area contributed by atoms with Gasteiger partial charge in [-0.2, -0.15) is 0 Å². The van der Waals surface area contributed by atoms with Gasteiger partial charge in [-0.15, -0.1) is 0 Å². The predicted molar refractivity (Wildman–Crippen MR) is 148 cm³/mol. The molecular weight excluding hydrogens is 514 g/mol. The van der Waals surface area contributed by atoms with Crippen LogP contribution in [-0.4, -0.2) is 41.0 Å². The zero-order valence-corrected chi connectivity index (χ0v) is 22.1. The number of methoxy groups -OCH3 is 1. The molecule has 10 heteroatoms. The van der Waals surface area contributed by atoms with E-state index in [1.807, 2.05) is 24.3 Å². The monoisotopic (exact) mass is 545 g/mol. The van der Waals surface area contributed by atoms with Crippen LogP contribution in [0.25, 0.3) is 0 Å². The van der Waals surface area contributed by atoms with Crippen molar-refractivity contribution in [1.82, 2.24) is 5.32 Å². The molecule has 0 unspecified atom stereocenters. The minimum atomic E-state index is -1.14. The number of anilines is 1. The molecule has 10 nitrogen and oxygen atoms in total. The molecule has 1 aliphatic carbocycles. The minimum Gasteiger partial charge on any atom is -0.497 e. The molecule has 0 aliphatic heterocycles. The van der Waals surface area contributed by atoms with E-state index in [2.05, 4.69) is 10.6 Å². The molecule has 1 fully saturated rings. The third kappa shape index (κ3) is 6.63. The predicted octanol–water partition coefficient (Wildman–Crippen LogP) is 4.77. The van der Waals surface area contributed by atoms with Crippen LogP contribution in [0.3, 0.4) is 0 Å². The maximum Gasteiger partial charge on any atom is 0.326 e. The van der Waals surface area contributed by atoms with Crippen molar-refractivity contribution in [3.8, 4) is 5.75 Å². The van der Waals surface area contributed by atoms with E-state index in [0.29, 0.717) is 30.5 Å². The first-order valence-electron chi connectivity index (χ1n) is 13.0. The van der Waals surface area contributed by atoms with Crippen molar-refractivity contribution in [3.63, 3.8) is 0 Å². The Bertz CT molecular complexity index is 1380. The number of carboxylic acids is 1. The lowest BCUT2D eigenvalue weighted by atomic mass is 9.78. The van der Waals surface area contributed by atoms with Crippen molar-refractivity contribution < 1.29 is 29.2 Å². The molecule has 0 radical (unpaired) electrons. The summed E-state index contributed by atoms with van der Waals surface area (Å²) in [6.45, 7) is 0. The van der Waals surface area contributed by atoms with Crippen molar-refractivity contribution in [2.75, 3.05) is 12.4 Å². The summed E-state index contributed by atoms with van der Waals surface area (Å²) in [4.78, 5) is 48.8. The van der Waals surface area contributed by atoms with Gasteiger partial charge in [-0.3, -0.25) is 19.7 Å². The van der Waals surface area contributed by atoms with Crippen LogP contribution in [0.1, 0.15) is 47.2 Å². The Labute approximate surface area is 231 Å². The number of hydrogen-bond acceptors (Lipinski definition) is 6. The van der Waals surface area contributed by atoms with Gasteiger partial charge in [0.1, 0.15) is 17.4 Å².